The van der Waals surface area contributed by atoms with E-state index in [0.29, 0.717) is 5.92 Å². The number of aliphatic imine (C=N–C) groups is 1. The molecule has 0 aromatic heterocycles. The Balaban J connectivity index is 1.85. The first-order chi connectivity index (χ1) is 8.34. The summed E-state index contributed by atoms with van der Waals surface area (Å²) < 4.78 is 6.36. The highest BCUT2D eigenvalue weighted by atomic mass is 79.9. The van der Waals surface area contributed by atoms with E-state index >= 15 is 0 Å². The summed E-state index contributed by atoms with van der Waals surface area (Å²) in [6.45, 7) is 3.54. The van der Waals surface area contributed by atoms with E-state index in [2.05, 4.69) is 50.1 Å². The van der Waals surface area contributed by atoms with Gasteiger partial charge in [-0.3, -0.25) is 0 Å². The van der Waals surface area contributed by atoms with Crippen LogP contribution in [-0.2, 0) is 4.74 Å². The Morgan fingerprint density at radius 1 is 1.29 bits per heavy atom. The van der Waals surface area contributed by atoms with Gasteiger partial charge in [0.05, 0.1) is 13.2 Å². The maximum atomic E-state index is 5.38. The molecule has 0 saturated carbocycles. The van der Waals surface area contributed by atoms with E-state index in [1.54, 1.807) is 0 Å². The molecule has 3 nitrogen and oxygen atoms in total. The van der Waals surface area contributed by atoms with Crippen LogP contribution in [0.4, 0.5) is 0 Å². The topological polar surface area (TPSA) is 24.8 Å². The molecular weight excluding hydrogens is 280 g/mol. The number of hydrogen-bond donors (Lipinski definition) is 0. The van der Waals surface area contributed by atoms with Gasteiger partial charge in [0.2, 0.25) is 0 Å². The first-order valence-corrected chi connectivity index (χ1v) is 6.79. The zero-order chi connectivity index (χ0) is 11.7. The fourth-order valence-electron chi connectivity index (χ4n) is 2.43. The van der Waals surface area contributed by atoms with Crippen molar-refractivity contribution in [2.45, 2.75) is 6.42 Å². The van der Waals surface area contributed by atoms with Gasteiger partial charge in [-0.1, -0.05) is 24.3 Å². The van der Waals surface area contributed by atoms with E-state index in [0.717, 1.165) is 37.3 Å². The third-order valence-electron chi connectivity index (χ3n) is 3.37. The number of fused-ring (bicyclic) bond motifs is 1. The average Bonchev–Trinajstić information content (AvgIpc) is 2.40. The summed E-state index contributed by atoms with van der Waals surface area (Å²) in [6, 6.07) is 0. The Hall–Kier alpha value is -0.870. The Bertz CT molecular complexity index is 431. The minimum absolute atomic E-state index is 0.477. The highest BCUT2D eigenvalue weighted by Crippen LogP contribution is 2.33. The van der Waals surface area contributed by atoms with E-state index in [-0.39, 0.29) is 0 Å². The molecular formula is C13H15BrN2O. The van der Waals surface area contributed by atoms with Crippen LogP contribution >= 0.6 is 15.9 Å². The van der Waals surface area contributed by atoms with Gasteiger partial charge >= 0.3 is 0 Å². The van der Waals surface area contributed by atoms with Gasteiger partial charge in [-0.05, 0) is 21.5 Å². The van der Waals surface area contributed by atoms with Crippen molar-refractivity contribution >= 4 is 21.8 Å². The second-order valence-corrected chi connectivity index (χ2v) is 5.18. The first-order valence-electron chi connectivity index (χ1n) is 5.99. The molecule has 2 heterocycles. The number of morpholine rings is 1. The molecule has 0 aromatic rings. The summed E-state index contributed by atoms with van der Waals surface area (Å²) in [5.41, 5.74) is 1.30. The van der Waals surface area contributed by atoms with Crippen LogP contribution < -0.4 is 0 Å². The molecule has 0 N–H and O–H groups in total. The van der Waals surface area contributed by atoms with Gasteiger partial charge in [-0.2, -0.15) is 0 Å². The van der Waals surface area contributed by atoms with Gasteiger partial charge in [0, 0.05) is 25.4 Å². The summed E-state index contributed by atoms with van der Waals surface area (Å²) >= 11 is 3.59. The first kappa shape index (κ1) is 11.2. The van der Waals surface area contributed by atoms with Crippen LogP contribution in [0, 0.1) is 5.92 Å². The van der Waals surface area contributed by atoms with E-state index in [9.17, 15) is 0 Å². The number of ether oxygens (including phenoxy) is 1. The van der Waals surface area contributed by atoms with Gasteiger partial charge in [0.1, 0.15) is 10.4 Å². The summed E-state index contributed by atoms with van der Waals surface area (Å²) in [5, 5.41) is 0. The molecule has 90 valence electrons. The van der Waals surface area contributed by atoms with E-state index < -0.39 is 0 Å². The van der Waals surface area contributed by atoms with Crippen LogP contribution in [-0.4, -0.2) is 37.0 Å². The van der Waals surface area contributed by atoms with Crippen LogP contribution in [0.2, 0.25) is 0 Å². The minimum Gasteiger partial charge on any atom is -0.378 e. The standard InChI is InChI=1S/C13H15BrN2O/c14-13-11-4-2-1-3-10(11)9-12(15-13)16-5-7-17-8-6-16/h1-4,10H,5-9H2. The lowest BCUT2D eigenvalue weighted by Crippen LogP contribution is -2.42. The highest BCUT2D eigenvalue weighted by molar-refractivity contribution is 9.11. The number of rotatable bonds is 0. The van der Waals surface area contributed by atoms with Crippen molar-refractivity contribution < 1.29 is 4.74 Å². The van der Waals surface area contributed by atoms with E-state index in [1.807, 2.05) is 0 Å². The van der Waals surface area contributed by atoms with Gasteiger partial charge in [-0.25, -0.2) is 4.99 Å². The van der Waals surface area contributed by atoms with Crippen molar-refractivity contribution in [1.29, 1.82) is 0 Å². The Morgan fingerprint density at radius 3 is 2.94 bits per heavy atom. The van der Waals surface area contributed by atoms with Crippen LogP contribution in [0.15, 0.2) is 39.5 Å². The molecule has 0 amide bonds. The summed E-state index contributed by atoms with van der Waals surface area (Å²) in [7, 11) is 0. The summed E-state index contributed by atoms with van der Waals surface area (Å²) in [4.78, 5) is 7.03. The third-order valence-corrected chi connectivity index (χ3v) is 4.01. The molecule has 4 heteroatoms. The number of amidine groups is 1. The Kier molecular flexibility index (Phi) is 3.16. The number of halogens is 1. The van der Waals surface area contributed by atoms with Crippen molar-refractivity contribution in [3.8, 4) is 0 Å². The van der Waals surface area contributed by atoms with Gasteiger partial charge < -0.3 is 9.64 Å². The minimum atomic E-state index is 0.477. The number of nitrogens with zero attached hydrogens (tertiary/aromatic N) is 2. The molecule has 2 aliphatic heterocycles. The highest BCUT2D eigenvalue weighted by Gasteiger charge is 2.25. The normalized spacial score (nSPS) is 28.2. The number of allylic oxidation sites excluding steroid dienone is 5. The molecule has 3 rings (SSSR count). The van der Waals surface area contributed by atoms with Crippen molar-refractivity contribution in [1.82, 2.24) is 4.90 Å². The molecule has 1 saturated heterocycles. The SMILES string of the molecule is BrC1=C2C=CC=CC2CC(N2CCOCC2)=N1. The van der Waals surface area contributed by atoms with Crippen molar-refractivity contribution in [3.63, 3.8) is 0 Å². The van der Waals surface area contributed by atoms with E-state index in [4.69, 9.17) is 4.74 Å². The zero-order valence-electron chi connectivity index (χ0n) is 9.60. The summed E-state index contributed by atoms with van der Waals surface area (Å²) in [5.74, 6) is 1.67. The van der Waals surface area contributed by atoms with Gasteiger partial charge in [0.15, 0.2) is 0 Å². The monoisotopic (exact) mass is 294 g/mol. The fraction of sp³-hybridized carbons (Fsp3) is 0.462. The lowest BCUT2D eigenvalue weighted by Gasteiger charge is -2.33. The molecule has 17 heavy (non-hydrogen) atoms. The molecule has 0 aromatic carbocycles. The molecule has 1 unspecified atom stereocenters. The molecule has 1 aliphatic carbocycles. The van der Waals surface area contributed by atoms with E-state index in [1.165, 1.54) is 11.4 Å². The molecule has 1 atom stereocenters. The van der Waals surface area contributed by atoms with Crippen LogP contribution in [0.25, 0.3) is 0 Å². The zero-order valence-corrected chi connectivity index (χ0v) is 11.2. The van der Waals surface area contributed by atoms with Crippen molar-refractivity contribution in [2.75, 3.05) is 26.3 Å². The lowest BCUT2D eigenvalue weighted by atomic mass is 9.90. The van der Waals surface area contributed by atoms with Crippen LogP contribution in [0.3, 0.4) is 0 Å². The predicted molar refractivity (Wildman–Crippen MR) is 72.2 cm³/mol. The largest absolute Gasteiger partial charge is 0.378 e. The molecule has 0 bridgehead atoms. The molecule has 1 fully saturated rings. The Morgan fingerprint density at radius 2 is 2.12 bits per heavy atom. The molecule has 3 aliphatic rings. The fourth-order valence-corrected chi connectivity index (χ4v) is 3.06. The number of hydrogen-bond acceptors (Lipinski definition) is 3. The van der Waals surface area contributed by atoms with Crippen molar-refractivity contribution in [2.24, 2.45) is 10.9 Å². The average molecular weight is 295 g/mol. The van der Waals surface area contributed by atoms with Gasteiger partial charge in [0.25, 0.3) is 0 Å². The molecule has 0 spiro atoms. The molecule has 0 radical (unpaired) electrons. The van der Waals surface area contributed by atoms with Crippen molar-refractivity contribution in [3.05, 3.63) is 34.5 Å². The third kappa shape index (κ3) is 2.24. The predicted octanol–water partition coefficient (Wildman–Crippen LogP) is 2.47. The maximum Gasteiger partial charge on any atom is 0.111 e. The quantitative estimate of drug-likeness (QED) is 0.641. The summed E-state index contributed by atoms with van der Waals surface area (Å²) in [6.07, 6.45) is 9.60. The smallest absolute Gasteiger partial charge is 0.111 e. The van der Waals surface area contributed by atoms with Gasteiger partial charge in [-0.15, -0.1) is 0 Å². The van der Waals surface area contributed by atoms with Crippen LogP contribution in [0.1, 0.15) is 6.42 Å². The lowest BCUT2D eigenvalue weighted by molar-refractivity contribution is 0.0669. The second-order valence-electron chi connectivity index (χ2n) is 4.43. The maximum absolute atomic E-state index is 5.38. The second kappa shape index (κ2) is 4.78. The van der Waals surface area contributed by atoms with Crippen LogP contribution in [0.5, 0.6) is 0 Å². The Labute approximate surface area is 110 Å².